The number of nitrogens with one attached hydrogen (secondary N) is 1. The van der Waals surface area contributed by atoms with Gasteiger partial charge in [-0.1, -0.05) is 78.9 Å². The fourth-order valence-corrected chi connectivity index (χ4v) is 5.20. The highest BCUT2D eigenvalue weighted by atomic mass is 32.1. The molecular weight excluding hydrogens is 504 g/mol. The van der Waals surface area contributed by atoms with E-state index in [9.17, 15) is 9.59 Å². The van der Waals surface area contributed by atoms with Gasteiger partial charge in [0.05, 0.1) is 6.54 Å². The van der Waals surface area contributed by atoms with E-state index in [2.05, 4.69) is 22.4 Å². The molecule has 4 rings (SSSR count). The highest BCUT2D eigenvalue weighted by Gasteiger charge is 2.23. The first-order valence-electron chi connectivity index (χ1n) is 13.3. The standard InChI is InChI=1S/C32H36N4O2S/c1-23(2)36(32(38)34-30-24(3)12-11-13-25(30)4)21-29-33-28(22-39-29)31(37)35(20-27-16-9-6-10-17-27)19-18-26-14-7-5-8-15-26/h5-17,22-23H,18-21H2,1-4H3,(H,34,38). The van der Waals surface area contributed by atoms with Crippen molar-refractivity contribution in [3.05, 3.63) is 117 Å². The number of urea groups is 1. The van der Waals surface area contributed by atoms with Crippen molar-refractivity contribution in [3.63, 3.8) is 0 Å². The number of amides is 3. The van der Waals surface area contributed by atoms with Crippen LogP contribution in [0.15, 0.2) is 84.2 Å². The van der Waals surface area contributed by atoms with E-state index in [1.165, 1.54) is 16.9 Å². The van der Waals surface area contributed by atoms with Crippen molar-refractivity contribution in [2.24, 2.45) is 0 Å². The van der Waals surface area contributed by atoms with Gasteiger partial charge in [-0.2, -0.15) is 0 Å². The number of benzene rings is 3. The largest absolute Gasteiger partial charge is 0.333 e. The van der Waals surface area contributed by atoms with E-state index in [1.807, 2.05) is 99.3 Å². The number of rotatable bonds is 10. The number of anilines is 1. The van der Waals surface area contributed by atoms with Gasteiger partial charge in [0.25, 0.3) is 5.91 Å². The molecule has 202 valence electrons. The van der Waals surface area contributed by atoms with Crippen LogP contribution in [0.3, 0.4) is 0 Å². The molecular formula is C32H36N4O2S. The van der Waals surface area contributed by atoms with Crippen LogP contribution in [0.2, 0.25) is 0 Å². The van der Waals surface area contributed by atoms with E-state index in [0.29, 0.717) is 25.3 Å². The van der Waals surface area contributed by atoms with Crippen LogP contribution in [0.25, 0.3) is 0 Å². The Balaban J connectivity index is 1.48. The first kappa shape index (κ1) is 28.0. The monoisotopic (exact) mass is 540 g/mol. The second-order valence-electron chi connectivity index (χ2n) is 9.99. The van der Waals surface area contributed by atoms with Crippen LogP contribution in [-0.2, 0) is 19.5 Å². The van der Waals surface area contributed by atoms with Crippen LogP contribution in [0.5, 0.6) is 0 Å². The Morgan fingerprint density at radius 1 is 0.846 bits per heavy atom. The minimum absolute atomic E-state index is 0.0437. The zero-order chi connectivity index (χ0) is 27.8. The van der Waals surface area contributed by atoms with Gasteiger partial charge in [-0.05, 0) is 56.4 Å². The summed E-state index contributed by atoms with van der Waals surface area (Å²) in [6.45, 7) is 9.36. The molecule has 0 atom stereocenters. The summed E-state index contributed by atoms with van der Waals surface area (Å²) < 4.78 is 0. The predicted molar refractivity (Wildman–Crippen MR) is 159 cm³/mol. The van der Waals surface area contributed by atoms with Crippen molar-refractivity contribution in [2.75, 3.05) is 11.9 Å². The Morgan fingerprint density at radius 2 is 1.46 bits per heavy atom. The van der Waals surface area contributed by atoms with Gasteiger partial charge in [0.1, 0.15) is 10.7 Å². The molecule has 6 nitrogen and oxygen atoms in total. The van der Waals surface area contributed by atoms with Crippen LogP contribution in [-0.4, -0.2) is 39.3 Å². The number of nitrogens with zero attached hydrogens (tertiary/aromatic N) is 3. The molecule has 0 radical (unpaired) electrons. The van der Waals surface area contributed by atoms with Crippen LogP contribution >= 0.6 is 11.3 Å². The van der Waals surface area contributed by atoms with E-state index in [0.717, 1.165) is 33.8 Å². The van der Waals surface area contributed by atoms with Crippen molar-refractivity contribution in [2.45, 2.75) is 53.2 Å². The Kier molecular flexibility index (Phi) is 9.49. The molecule has 0 saturated heterocycles. The molecule has 4 aromatic rings. The third-order valence-electron chi connectivity index (χ3n) is 6.69. The summed E-state index contributed by atoms with van der Waals surface area (Å²) in [7, 11) is 0. The number of aryl methyl sites for hydroxylation is 2. The van der Waals surface area contributed by atoms with E-state index in [-0.39, 0.29) is 18.0 Å². The van der Waals surface area contributed by atoms with Crippen molar-refractivity contribution < 1.29 is 9.59 Å². The maximum absolute atomic E-state index is 13.6. The molecule has 0 bridgehead atoms. The maximum Gasteiger partial charge on any atom is 0.322 e. The summed E-state index contributed by atoms with van der Waals surface area (Å²) >= 11 is 1.41. The summed E-state index contributed by atoms with van der Waals surface area (Å²) in [5, 5.41) is 5.61. The summed E-state index contributed by atoms with van der Waals surface area (Å²) in [6.07, 6.45) is 0.760. The lowest BCUT2D eigenvalue weighted by atomic mass is 10.1. The minimum atomic E-state index is -0.181. The van der Waals surface area contributed by atoms with Crippen molar-refractivity contribution in [1.82, 2.24) is 14.8 Å². The van der Waals surface area contributed by atoms with E-state index < -0.39 is 0 Å². The van der Waals surface area contributed by atoms with Crippen molar-refractivity contribution in [3.8, 4) is 0 Å². The average molecular weight is 541 g/mol. The lowest BCUT2D eigenvalue weighted by Crippen LogP contribution is -2.39. The Morgan fingerprint density at radius 3 is 2.08 bits per heavy atom. The number of carbonyl (C=O) groups excluding carboxylic acids is 2. The zero-order valence-electron chi connectivity index (χ0n) is 23.1. The molecule has 0 aliphatic rings. The highest BCUT2D eigenvalue weighted by molar-refractivity contribution is 7.09. The molecule has 1 N–H and O–H groups in total. The minimum Gasteiger partial charge on any atom is -0.333 e. The lowest BCUT2D eigenvalue weighted by Gasteiger charge is -2.27. The molecule has 1 heterocycles. The number of carbonyl (C=O) groups is 2. The van der Waals surface area contributed by atoms with Gasteiger partial charge in [-0.15, -0.1) is 11.3 Å². The van der Waals surface area contributed by atoms with Gasteiger partial charge >= 0.3 is 6.03 Å². The number of para-hydroxylation sites is 1. The topological polar surface area (TPSA) is 65.5 Å². The quantitative estimate of drug-likeness (QED) is 0.234. The van der Waals surface area contributed by atoms with Gasteiger partial charge in [0.2, 0.25) is 0 Å². The second-order valence-corrected chi connectivity index (χ2v) is 10.9. The number of thiazole rings is 1. The average Bonchev–Trinajstić information content (AvgIpc) is 3.41. The summed E-state index contributed by atoms with van der Waals surface area (Å²) in [5.74, 6) is -0.103. The van der Waals surface area contributed by atoms with Gasteiger partial charge in [0.15, 0.2) is 0 Å². The number of hydrogen-bond donors (Lipinski definition) is 1. The van der Waals surface area contributed by atoms with Crippen molar-refractivity contribution >= 4 is 29.0 Å². The predicted octanol–water partition coefficient (Wildman–Crippen LogP) is 7.09. The van der Waals surface area contributed by atoms with Crippen LogP contribution in [0, 0.1) is 13.8 Å². The Labute approximate surface area is 235 Å². The third kappa shape index (κ3) is 7.54. The molecule has 0 aliphatic heterocycles. The molecule has 0 unspecified atom stereocenters. The SMILES string of the molecule is Cc1cccc(C)c1NC(=O)N(Cc1nc(C(=O)N(CCc2ccccc2)Cc2ccccc2)cs1)C(C)C. The molecule has 1 aromatic heterocycles. The summed E-state index contributed by atoms with van der Waals surface area (Å²) in [4.78, 5) is 35.2. The van der Waals surface area contributed by atoms with Crippen molar-refractivity contribution in [1.29, 1.82) is 0 Å². The summed E-state index contributed by atoms with van der Waals surface area (Å²) in [5.41, 5.74) is 5.54. The number of hydrogen-bond acceptors (Lipinski definition) is 4. The Hall–Kier alpha value is -3.97. The molecule has 0 aliphatic carbocycles. The normalized spacial score (nSPS) is 10.9. The fourth-order valence-electron chi connectivity index (χ4n) is 4.43. The molecule has 7 heteroatoms. The zero-order valence-corrected chi connectivity index (χ0v) is 23.9. The second kappa shape index (κ2) is 13.2. The van der Waals surface area contributed by atoms with Gasteiger partial charge in [-0.3, -0.25) is 4.79 Å². The molecule has 0 spiro atoms. The summed E-state index contributed by atoms with van der Waals surface area (Å²) in [6, 6.07) is 25.9. The van der Waals surface area contributed by atoms with Crippen LogP contribution in [0.4, 0.5) is 10.5 Å². The Bertz CT molecular complexity index is 1370. The molecule has 39 heavy (non-hydrogen) atoms. The smallest absolute Gasteiger partial charge is 0.322 e. The third-order valence-corrected chi connectivity index (χ3v) is 7.52. The number of aromatic nitrogens is 1. The maximum atomic E-state index is 13.6. The van der Waals surface area contributed by atoms with Gasteiger partial charge in [-0.25, -0.2) is 9.78 Å². The first-order chi connectivity index (χ1) is 18.8. The van der Waals surface area contributed by atoms with E-state index in [4.69, 9.17) is 0 Å². The molecule has 3 amide bonds. The van der Waals surface area contributed by atoms with E-state index >= 15 is 0 Å². The molecule has 0 fully saturated rings. The molecule has 0 saturated carbocycles. The van der Waals surface area contributed by atoms with Crippen LogP contribution < -0.4 is 5.32 Å². The van der Waals surface area contributed by atoms with Crippen LogP contribution in [0.1, 0.15) is 51.6 Å². The van der Waals surface area contributed by atoms with Gasteiger partial charge < -0.3 is 15.1 Å². The first-order valence-corrected chi connectivity index (χ1v) is 14.1. The highest BCUT2D eigenvalue weighted by Crippen LogP contribution is 2.22. The van der Waals surface area contributed by atoms with E-state index in [1.54, 1.807) is 10.3 Å². The van der Waals surface area contributed by atoms with Gasteiger partial charge in [0, 0.05) is 30.2 Å². The fraction of sp³-hybridized carbons (Fsp3) is 0.281. The lowest BCUT2D eigenvalue weighted by molar-refractivity contribution is 0.0739. The molecule has 3 aromatic carbocycles.